The fraction of sp³-hybridized carbons (Fsp3) is 0.667. The second kappa shape index (κ2) is 5.71. The van der Waals surface area contributed by atoms with E-state index < -0.39 is 48.1 Å². The molecule has 11 heteroatoms. The zero-order valence-corrected chi connectivity index (χ0v) is 11.9. The Morgan fingerprint density at radius 1 is 1.39 bits per heavy atom. The summed E-state index contributed by atoms with van der Waals surface area (Å²) in [4.78, 5) is 21.9. The lowest BCUT2D eigenvalue weighted by Gasteiger charge is -2.36. The molecule has 1 heterocycles. The molecule has 0 aliphatic carbocycles. The molecular weight excluding hydrogens is 335 g/mol. The van der Waals surface area contributed by atoms with Gasteiger partial charge in [-0.2, -0.15) is 22.0 Å². The lowest BCUT2D eigenvalue weighted by molar-refractivity contribution is -0.412. The Morgan fingerprint density at radius 3 is 2.30 bits per heavy atom. The van der Waals surface area contributed by atoms with Crippen molar-refractivity contribution >= 4 is 11.9 Å². The summed E-state index contributed by atoms with van der Waals surface area (Å²) in [7, 11) is 0. The SMILES string of the molecule is C=CC(=O)OCC1OC(O)(C(F)(F)F)C(F)(F)C1(C)OC(C)=O. The van der Waals surface area contributed by atoms with E-state index in [4.69, 9.17) is 0 Å². The second-order valence-electron chi connectivity index (χ2n) is 4.86. The van der Waals surface area contributed by atoms with E-state index in [0.717, 1.165) is 0 Å². The van der Waals surface area contributed by atoms with Crippen molar-refractivity contribution in [2.75, 3.05) is 6.61 Å². The van der Waals surface area contributed by atoms with Crippen LogP contribution in [-0.2, 0) is 23.8 Å². The first-order chi connectivity index (χ1) is 10.2. The molecule has 0 radical (unpaired) electrons. The summed E-state index contributed by atoms with van der Waals surface area (Å²) in [5.41, 5.74) is -3.23. The van der Waals surface area contributed by atoms with Crippen molar-refractivity contribution in [2.45, 2.75) is 43.4 Å². The summed E-state index contributed by atoms with van der Waals surface area (Å²) in [6, 6.07) is 0. The third kappa shape index (κ3) is 2.90. The van der Waals surface area contributed by atoms with E-state index >= 15 is 0 Å². The average molecular weight is 348 g/mol. The second-order valence-corrected chi connectivity index (χ2v) is 4.86. The Balaban J connectivity index is 3.30. The van der Waals surface area contributed by atoms with Gasteiger partial charge in [-0.3, -0.25) is 4.79 Å². The van der Waals surface area contributed by atoms with Gasteiger partial charge in [0.15, 0.2) is 0 Å². The molecule has 0 aromatic rings. The zero-order chi connectivity index (χ0) is 18.3. The summed E-state index contributed by atoms with van der Waals surface area (Å²) < 4.78 is 79.7. The smallest absolute Gasteiger partial charge is 0.449 e. The Labute approximate surface area is 126 Å². The maximum absolute atomic E-state index is 14.2. The standard InChI is InChI=1S/C12H13F5O6/c1-4-8(19)21-5-7-9(3,22-6(2)18)10(13,14)11(20,23-7)12(15,16)17/h4,7,20H,1,5H2,2-3H3. The number of ether oxygens (including phenoxy) is 3. The number of carbonyl (C=O) groups is 2. The predicted molar refractivity (Wildman–Crippen MR) is 62.2 cm³/mol. The van der Waals surface area contributed by atoms with E-state index in [-0.39, 0.29) is 0 Å². The molecule has 1 rings (SSSR count). The van der Waals surface area contributed by atoms with Crippen LogP contribution in [0.25, 0.3) is 0 Å². The zero-order valence-electron chi connectivity index (χ0n) is 11.9. The molecule has 1 fully saturated rings. The van der Waals surface area contributed by atoms with E-state index in [1.54, 1.807) is 0 Å². The summed E-state index contributed by atoms with van der Waals surface area (Å²) in [6.45, 7) is 2.99. The van der Waals surface area contributed by atoms with Crippen molar-refractivity contribution in [3.63, 3.8) is 0 Å². The Hall–Kier alpha value is -1.75. The topological polar surface area (TPSA) is 82.1 Å². The summed E-state index contributed by atoms with van der Waals surface area (Å²) in [6.07, 6.45) is -7.56. The van der Waals surface area contributed by atoms with Crippen LogP contribution in [0.2, 0.25) is 0 Å². The molecule has 23 heavy (non-hydrogen) atoms. The average Bonchev–Trinajstić information content (AvgIpc) is 2.53. The van der Waals surface area contributed by atoms with Crippen LogP contribution in [-0.4, -0.2) is 53.2 Å². The number of esters is 2. The fourth-order valence-corrected chi connectivity index (χ4v) is 2.01. The van der Waals surface area contributed by atoms with E-state index in [1.807, 2.05) is 0 Å². The maximum atomic E-state index is 14.2. The van der Waals surface area contributed by atoms with Gasteiger partial charge in [-0.15, -0.1) is 0 Å². The van der Waals surface area contributed by atoms with Crippen LogP contribution >= 0.6 is 0 Å². The normalized spacial score (nSPS) is 33.1. The van der Waals surface area contributed by atoms with Crippen molar-refractivity contribution in [1.29, 1.82) is 0 Å². The summed E-state index contributed by atoms with van der Waals surface area (Å²) in [5.74, 6) is -12.5. The van der Waals surface area contributed by atoms with Gasteiger partial charge in [-0.25, -0.2) is 4.79 Å². The Kier molecular flexibility index (Phi) is 4.79. The minimum atomic E-state index is -5.91. The van der Waals surface area contributed by atoms with E-state index in [1.165, 1.54) is 0 Å². The van der Waals surface area contributed by atoms with Crippen LogP contribution in [0.1, 0.15) is 13.8 Å². The van der Waals surface area contributed by atoms with Crippen LogP contribution in [0.15, 0.2) is 12.7 Å². The number of halogens is 5. The highest BCUT2D eigenvalue weighted by Crippen LogP contribution is 2.57. The lowest BCUT2D eigenvalue weighted by atomic mass is 9.89. The number of carbonyl (C=O) groups excluding carboxylic acids is 2. The highest BCUT2D eigenvalue weighted by molar-refractivity contribution is 5.81. The first kappa shape index (κ1) is 19.3. The molecule has 1 N–H and O–H groups in total. The molecule has 3 unspecified atom stereocenters. The van der Waals surface area contributed by atoms with E-state index in [0.29, 0.717) is 19.9 Å². The van der Waals surface area contributed by atoms with Gasteiger partial charge in [0.1, 0.15) is 12.7 Å². The van der Waals surface area contributed by atoms with Gasteiger partial charge >= 0.3 is 29.8 Å². The summed E-state index contributed by atoms with van der Waals surface area (Å²) in [5, 5.41) is 9.35. The van der Waals surface area contributed by atoms with Gasteiger partial charge in [0.25, 0.3) is 0 Å². The maximum Gasteiger partial charge on any atom is 0.449 e. The molecule has 1 saturated heterocycles. The minimum Gasteiger partial charge on any atom is -0.460 e. The first-order valence-electron chi connectivity index (χ1n) is 6.06. The number of aliphatic hydroxyl groups is 1. The third-order valence-electron chi connectivity index (χ3n) is 3.26. The molecule has 132 valence electrons. The van der Waals surface area contributed by atoms with Gasteiger partial charge in [0, 0.05) is 13.0 Å². The quantitative estimate of drug-likeness (QED) is 0.469. The first-order valence-corrected chi connectivity index (χ1v) is 6.06. The fourth-order valence-electron chi connectivity index (χ4n) is 2.01. The van der Waals surface area contributed by atoms with E-state index in [2.05, 4.69) is 20.8 Å². The molecule has 0 aromatic heterocycles. The molecule has 6 nitrogen and oxygen atoms in total. The molecule has 0 bridgehead atoms. The number of alkyl halides is 5. The van der Waals surface area contributed by atoms with Crippen molar-refractivity contribution in [3.8, 4) is 0 Å². The third-order valence-corrected chi connectivity index (χ3v) is 3.26. The van der Waals surface area contributed by atoms with Gasteiger partial charge in [-0.1, -0.05) is 6.58 Å². The van der Waals surface area contributed by atoms with Crippen molar-refractivity contribution in [1.82, 2.24) is 0 Å². The molecule has 0 saturated carbocycles. The van der Waals surface area contributed by atoms with Crippen LogP contribution < -0.4 is 0 Å². The molecule has 1 aliphatic heterocycles. The molecule has 0 aromatic carbocycles. The highest BCUT2D eigenvalue weighted by atomic mass is 19.4. The Bertz CT molecular complexity index is 519. The van der Waals surface area contributed by atoms with Gasteiger partial charge in [-0.05, 0) is 6.92 Å². The molecule has 0 spiro atoms. The predicted octanol–water partition coefficient (Wildman–Crippen LogP) is 1.32. The molecular formula is C12H13F5O6. The molecule has 3 atom stereocenters. The van der Waals surface area contributed by atoms with Gasteiger partial charge < -0.3 is 19.3 Å². The lowest BCUT2D eigenvalue weighted by Crippen LogP contribution is -2.64. The number of hydrogen-bond acceptors (Lipinski definition) is 6. The largest absolute Gasteiger partial charge is 0.460 e. The van der Waals surface area contributed by atoms with Gasteiger partial charge in [0.05, 0.1) is 0 Å². The number of hydrogen-bond donors (Lipinski definition) is 1. The van der Waals surface area contributed by atoms with Crippen LogP contribution in [0.3, 0.4) is 0 Å². The molecule has 0 amide bonds. The van der Waals surface area contributed by atoms with Crippen LogP contribution in [0.5, 0.6) is 0 Å². The summed E-state index contributed by atoms with van der Waals surface area (Å²) >= 11 is 0. The van der Waals surface area contributed by atoms with Crippen LogP contribution in [0.4, 0.5) is 22.0 Å². The minimum absolute atomic E-state index is 0.435. The van der Waals surface area contributed by atoms with E-state index in [9.17, 15) is 36.6 Å². The highest BCUT2D eigenvalue weighted by Gasteiger charge is 2.85. The monoisotopic (exact) mass is 348 g/mol. The van der Waals surface area contributed by atoms with Crippen molar-refractivity contribution in [2.24, 2.45) is 0 Å². The van der Waals surface area contributed by atoms with Crippen LogP contribution in [0, 0.1) is 0 Å². The van der Waals surface area contributed by atoms with Gasteiger partial charge in [0.2, 0.25) is 5.60 Å². The van der Waals surface area contributed by atoms with Crippen molar-refractivity contribution in [3.05, 3.63) is 12.7 Å². The molecule has 1 aliphatic rings. The Morgan fingerprint density at radius 2 is 1.91 bits per heavy atom. The van der Waals surface area contributed by atoms with Crippen molar-refractivity contribution < 1.29 is 50.9 Å². The number of rotatable bonds is 4.